The lowest BCUT2D eigenvalue weighted by Gasteiger charge is -2.12. The van der Waals surface area contributed by atoms with Crippen molar-refractivity contribution in [3.05, 3.63) is 71.4 Å². The van der Waals surface area contributed by atoms with Gasteiger partial charge in [-0.25, -0.2) is 9.78 Å². The number of nitrogens with zero attached hydrogens (tertiary/aromatic N) is 1. The van der Waals surface area contributed by atoms with E-state index in [-0.39, 0.29) is 12.2 Å². The molecule has 0 radical (unpaired) electrons. The lowest BCUT2D eigenvalue weighted by molar-refractivity contribution is -0.133. The molecule has 29 heavy (non-hydrogen) atoms. The maximum atomic E-state index is 12.1. The number of ether oxygens (including phenoxy) is 4. The van der Waals surface area contributed by atoms with Crippen LogP contribution < -0.4 is 9.47 Å². The van der Waals surface area contributed by atoms with Gasteiger partial charge in [0.15, 0.2) is 0 Å². The average molecular weight is 411 g/mol. The van der Waals surface area contributed by atoms with Crippen molar-refractivity contribution in [2.24, 2.45) is 0 Å². The molecule has 150 valence electrons. The summed E-state index contributed by atoms with van der Waals surface area (Å²) in [4.78, 5) is 16.7. The van der Waals surface area contributed by atoms with Crippen molar-refractivity contribution in [1.82, 2.24) is 4.98 Å². The van der Waals surface area contributed by atoms with Crippen LogP contribution in [0.15, 0.2) is 60.2 Å². The van der Waals surface area contributed by atoms with Crippen LogP contribution in [0.2, 0.25) is 0 Å². The molecule has 0 atom stereocenters. The zero-order valence-corrected chi connectivity index (χ0v) is 17.2. The van der Waals surface area contributed by atoms with E-state index in [9.17, 15) is 4.79 Å². The number of esters is 1. The van der Waals surface area contributed by atoms with Gasteiger partial charge in [-0.2, -0.15) is 0 Å². The Morgan fingerprint density at radius 3 is 2.52 bits per heavy atom. The Morgan fingerprint density at radius 1 is 1.07 bits per heavy atom. The first-order chi connectivity index (χ1) is 14.2. The van der Waals surface area contributed by atoms with Crippen LogP contribution in [0.3, 0.4) is 0 Å². The second-order valence-electron chi connectivity index (χ2n) is 5.92. The van der Waals surface area contributed by atoms with Crippen molar-refractivity contribution in [2.75, 3.05) is 21.3 Å². The molecule has 0 amide bonds. The van der Waals surface area contributed by atoms with Crippen molar-refractivity contribution in [1.29, 1.82) is 0 Å². The molecular weight excluding hydrogens is 390 g/mol. The lowest BCUT2D eigenvalue weighted by Crippen LogP contribution is -2.07. The molecule has 1 aromatic heterocycles. The second kappa shape index (κ2) is 9.75. The molecule has 0 spiro atoms. The number of aromatic nitrogens is 1. The predicted octanol–water partition coefficient (Wildman–Crippen LogP) is 4.56. The van der Waals surface area contributed by atoms with E-state index in [1.54, 1.807) is 30.6 Å². The summed E-state index contributed by atoms with van der Waals surface area (Å²) in [6.07, 6.45) is 1.35. The molecule has 0 aliphatic rings. The lowest BCUT2D eigenvalue weighted by atomic mass is 10.1. The summed E-state index contributed by atoms with van der Waals surface area (Å²) in [5.74, 6) is 0.842. The second-order valence-corrected chi connectivity index (χ2v) is 6.77. The fraction of sp³-hybridized carbons (Fsp3) is 0.182. The minimum Gasteiger partial charge on any atom is -0.503 e. The average Bonchev–Trinajstić information content (AvgIpc) is 3.25. The van der Waals surface area contributed by atoms with Crippen LogP contribution in [0.1, 0.15) is 11.3 Å². The van der Waals surface area contributed by atoms with Crippen LogP contribution >= 0.6 is 11.3 Å². The van der Waals surface area contributed by atoms with Crippen LogP contribution in [0.5, 0.6) is 11.5 Å². The van der Waals surface area contributed by atoms with Gasteiger partial charge in [-0.05, 0) is 30.3 Å². The predicted molar refractivity (Wildman–Crippen MR) is 112 cm³/mol. The molecule has 0 saturated carbocycles. The molecule has 0 aliphatic carbocycles. The first kappa shape index (κ1) is 20.4. The van der Waals surface area contributed by atoms with Crippen molar-refractivity contribution in [3.8, 4) is 22.1 Å². The van der Waals surface area contributed by atoms with E-state index in [0.717, 1.165) is 22.0 Å². The highest BCUT2D eigenvalue weighted by Gasteiger charge is 2.18. The van der Waals surface area contributed by atoms with Gasteiger partial charge in [-0.15, -0.1) is 11.3 Å². The molecule has 0 fully saturated rings. The van der Waals surface area contributed by atoms with E-state index in [0.29, 0.717) is 11.3 Å². The molecule has 6 nitrogen and oxygen atoms in total. The van der Waals surface area contributed by atoms with Gasteiger partial charge in [-0.3, -0.25) is 0 Å². The number of rotatable bonds is 8. The van der Waals surface area contributed by atoms with Crippen LogP contribution in [-0.2, 0) is 20.9 Å². The Bertz CT molecular complexity index is 994. The molecule has 0 unspecified atom stereocenters. The minimum absolute atomic E-state index is 0.269. The first-order valence-electron chi connectivity index (χ1n) is 8.78. The molecule has 0 N–H and O–H groups in total. The summed E-state index contributed by atoms with van der Waals surface area (Å²) in [5, 5.41) is 2.85. The van der Waals surface area contributed by atoms with Crippen LogP contribution in [0.25, 0.3) is 16.1 Å². The van der Waals surface area contributed by atoms with E-state index in [4.69, 9.17) is 18.9 Å². The molecule has 2 aromatic carbocycles. The van der Waals surface area contributed by atoms with Crippen molar-refractivity contribution < 1.29 is 23.7 Å². The summed E-state index contributed by atoms with van der Waals surface area (Å²) in [5.41, 5.74) is 2.68. The van der Waals surface area contributed by atoms with Gasteiger partial charge in [-0.1, -0.05) is 18.2 Å². The normalized spacial score (nSPS) is 11.1. The smallest absolute Gasteiger partial charge is 0.341 e. The fourth-order valence-electron chi connectivity index (χ4n) is 2.66. The van der Waals surface area contributed by atoms with Gasteiger partial charge in [0.2, 0.25) is 0 Å². The van der Waals surface area contributed by atoms with Gasteiger partial charge in [0, 0.05) is 16.5 Å². The summed E-state index contributed by atoms with van der Waals surface area (Å²) < 4.78 is 21.0. The maximum Gasteiger partial charge on any atom is 0.341 e. The SMILES string of the molecule is COC=C(C(=O)OC)c1ccccc1OCc1csc(-c2ccc(OC)cc2)n1. The van der Waals surface area contributed by atoms with Gasteiger partial charge < -0.3 is 18.9 Å². The number of thiazole rings is 1. The zero-order chi connectivity index (χ0) is 20.6. The third-order valence-electron chi connectivity index (χ3n) is 4.08. The number of hydrogen-bond acceptors (Lipinski definition) is 7. The first-order valence-corrected chi connectivity index (χ1v) is 9.66. The Balaban J connectivity index is 1.76. The minimum atomic E-state index is -0.502. The Kier molecular flexibility index (Phi) is 6.86. The summed E-state index contributed by atoms with van der Waals surface area (Å²) >= 11 is 1.54. The molecule has 3 rings (SSSR count). The third kappa shape index (κ3) is 4.94. The summed E-state index contributed by atoms with van der Waals surface area (Å²) in [6.45, 7) is 0.269. The number of benzene rings is 2. The number of methoxy groups -OCH3 is 3. The number of carbonyl (C=O) groups is 1. The number of para-hydroxylation sites is 1. The summed E-state index contributed by atoms with van der Waals surface area (Å²) in [7, 11) is 4.44. The van der Waals surface area contributed by atoms with E-state index < -0.39 is 5.97 Å². The van der Waals surface area contributed by atoms with E-state index >= 15 is 0 Å². The standard InChI is InChI=1S/C22H21NO5S/c1-25-13-19(22(24)27-3)18-6-4-5-7-20(18)28-12-16-14-29-21(23-16)15-8-10-17(26-2)11-9-15/h4-11,13-14H,12H2,1-3H3. The number of carbonyl (C=O) groups excluding carboxylic acids is 1. The molecule has 0 bridgehead atoms. The quantitative estimate of drug-likeness (QED) is 0.308. The highest BCUT2D eigenvalue weighted by atomic mass is 32.1. The van der Waals surface area contributed by atoms with Gasteiger partial charge in [0.25, 0.3) is 0 Å². The highest BCUT2D eigenvalue weighted by Crippen LogP contribution is 2.29. The topological polar surface area (TPSA) is 66.9 Å². The van der Waals surface area contributed by atoms with Crippen LogP contribution in [0, 0.1) is 0 Å². The van der Waals surface area contributed by atoms with Crippen molar-refractivity contribution in [2.45, 2.75) is 6.61 Å². The van der Waals surface area contributed by atoms with Gasteiger partial charge in [0.05, 0.1) is 33.3 Å². The van der Waals surface area contributed by atoms with Gasteiger partial charge >= 0.3 is 5.97 Å². The van der Waals surface area contributed by atoms with E-state index in [1.165, 1.54) is 20.5 Å². The Morgan fingerprint density at radius 2 is 1.83 bits per heavy atom. The molecule has 0 aliphatic heterocycles. The fourth-order valence-corrected chi connectivity index (χ4v) is 3.47. The van der Waals surface area contributed by atoms with Crippen LogP contribution in [-0.4, -0.2) is 32.3 Å². The van der Waals surface area contributed by atoms with E-state index in [1.807, 2.05) is 41.8 Å². The van der Waals surface area contributed by atoms with Crippen molar-refractivity contribution >= 4 is 22.9 Å². The monoisotopic (exact) mass is 411 g/mol. The summed E-state index contributed by atoms with van der Waals surface area (Å²) in [6, 6.07) is 15.0. The highest BCUT2D eigenvalue weighted by molar-refractivity contribution is 7.13. The van der Waals surface area contributed by atoms with E-state index in [2.05, 4.69) is 4.98 Å². The molecule has 3 aromatic rings. The van der Waals surface area contributed by atoms with Crippen molar-refractivity contribution in [3.63, 3.8) is 0 Å². The van der Waals surface area contributed by atoms with Gasteiger partial charge in [0.1, 0.15) is 28.7 Å². The number of hydrogen-bond donors (Lipinski definition) is 0. The molecular formula is C22H21NO5S. The molecule has 1 heterocycles. The van der Waals surface area contributed by atoms with Crippen LogP contribution in [0.4, 0.5) is 0 Å². The third-order valence-corrected chi connectivity index (χ3v) is 5.02. The Labute approximate surface area is 173 Å². The Hall–Kier alpha value is -3.32. The largest absolute Gasteiger partial charge is 0.503 e. The maximum absolute atomic E-state index is 12.1. The molecule has 0 saturated heterocycles. The zero-order valence-electron chi connectivity index (χ0n) is 16.4. The molecule has 7 heteroatoms.